The van der Waals surface area contributed by atoms with Crippen LogP contribution in [0, 0.1) is 6.57 Å². The predicted octanol–water partition coefficient (Wildman–Crippen LogP) is 1.54. The smallest absolute Gasteiger partial charge is 0.491 e. The van der Waals surface area contributed by atoms with Gasteiger partial charge in [0, 0.05) is 0 Å². The van der Waals surface area contributed by atoms with Gasteiger partial charge in [-0.15, -0.1) is 8.78 Å². The number of halogens is 6. The van der Waals surface area contributed by atoms with Crippen LogP contribution >= 0.6 is 0 Å². The molecule has 1 aromatic carbocycles. The largest absolute Gasteiger partial charge is 0.495 e. The van der Waals surface area contributed by atoms with Crippen LogP contribution in [0.2, 0.25) is 0 Å². The Kier molecular flexibility index (Phi) is 18.6. The minimum atomic E-state index is -5.46. The van der Waals surface area contributed by atoms with Gasteiger partial charge in [0.1, 0.15) is 43.9 Å². The zero-order chi connectivity index (χ0) is 33.1. The van der Waals surface area contributed by atoms with E-state index in [1.807, 2.05) is 0 Å². The maximum Gasteiger partial charge on any atom is 0.495 e. The molecule has 0 amide bonds. The molecule has 0 saturated heterocycles. The molecule has 0 heterocycles. The summed E-state index contributed by atoms with van der Waals surface area (Å²) in [6.07, 6.45) is -18.7. The molecule has 19 heteroatoms. The third-order valence-corrected chi connectivity index (χ3v) is 4.64. The molecule has 44 heavy (non-hydrogen) atoms. The second-order valence-corrected chi connectivity index (χ2v) is 8.80. The standard InChI is InChI=1S/C25H35F6NO12/c1-32-18-2-4-22(5-3-18)42-15-21(36)13-40-12-19(34)11-38-8-9-39-16-23(26,27)43-25(30,31)44-24(28,29)17-41-14-20(35)10-37-7-6-33/h2-5,19-21,33-36H,6-17H2. The normalized spacial score (nSPS) is 14.7. The van der Waals surface area contributed by atoms with E-state index in [1.165, 1.54) is 0 Å². The number of nitrogens with zero attached hydrogens (tertiary/aromatic N) is 1. The van der Waals surface area contributed by atoms with Crippen LogP contribution in [0.25, 0.3) is 4.85 Å². The van der Waals surface area contributed by atoms with Gasteiger partial charge in [0.25, 0.3) is 0 Å². The summed E-state index contributed by atoms with van der Waals surface area (Å²) in [5.41, 5.74) is 0.424. The lowest BCUT2D eigenvalue weighted by Crippen LogP contribution is -2.44. The first-order valence-corrected chi connectivity index (χ1v) is 12.8. The highest BCUT2D eigenvalue weighted by atomic mass is 19.3. The van der Waals surface area contributed by atoms with E-state index in [4.69, 9.17) is 30.6 Å². The number of hydrogen-bond acceptors (Lipinski definition) is 12. The topological polar surface area (TPSA) is 159 Å². The highest BCUT2D eigenvalue weighted by molar-refractivity contribution is 5.46. The third-order valence-electron chi connectivity index (χ3n) is 4.64. The molecule has 3 atom stereocenters. The quantitative estimate of drug-likeness (QED) is 0.0495. The van der Waals surface area contributed by atoms with Crippen molar-refractivity contribution in [2.75, 3.05) is 79.3 Å². The van der Waals surface area contributed by atoms with Crippen molar-refractivity contribution >= 4 is 5.69 Å². The molecule has 0 aliphatic heterocycles. The fraction of sp³-hybridized carbons (Fsp3) is 0.720. The second kappa shape index (κ2) is 20.6. The average molecular weight is 656 g/mol. The van der Waals surface area contributed by atoms with Gasteiger partial charge >= 0.3 is 18.5 Å². The number of aliphatic hydroxyl groups excluding tert-OH is 4. The summed E-state index contributed by atoms with van der Waals surface area (Å²) < 4.78 is 116. The number of benzene rings is 1. The summed E-state index contributed by atoms with van der Waals surface area (Å²) in [5, 5.41) is 37.5. The Balaban J connectivity index is 2.17. The van der Waals surface area contributed by atoms with Crippen molar-refractivity contribution < 1.29 is 84.7 Å². The van der Waals surface area contributed by atoms with Crippen molar-refractivity contribution in [1.82, 2.24) is 0 Å². The molecule has 0 spiro atoms. The van der Waals surface area contributed by atoms with E-state index >= 15 is 0 Å². The first kappa shape index (κ1) is 39.7. The van der Waals surface area contributed by atoms with Gasteiger partial charge < -0.3 is 48.8 Å². The lowest BCUT2D eigenvalue weighted by molar-refractivity contribution is -0.518. The number of hydrogen-bond donors (Lipinski definition) is 4. The Labute approximate surface area is 248 Å². The van der Waals surface area contributed by atoms with Crippen molar-refractivity contribution in [3.63, 3.8) is 0 Å². The minimum absolute atomic E-state index is 0.126. The highest BCUT2D eigenvalue weighted by Crippen LogP contribution is 2.33. The molecule has 0 bridgehead atoms. The summed E-state index contributed by atoms with van der Waals surface area (Å²) >= 11 is 0. The molecule has 0 aliphatic rings. The number of rotatable bonds is 26. The number of alkyl halides is 6. The van der Waals surface area contributed by atoms with E-state index in [2.05, 4.69) is 23.8 Å². The van der Waals surface area contributed by atoms with Crippen LogP contribution in [0.1, 0.15) is 0 Å². The highest BCUT2D eigenvalue weighted by Gasteiger charge is 2.52. The van der Waals surface area contributed by atoms with E-state index in [-0.39, 0.29) is 46.2 Å². The van der Waals surface area contributed by atoms with Gasteiger partial charge in [-0.1, -0.05) is 12.1 Å². The summed E-state index contributed by atoms with van der Waals surface area (Å²) in [6.45, 7) is -0.381. The van der Waals surface area contributed by atoms with Crippen molar-refractivity contribution in [3.8, 4) is 5.75 Å². The number of ether oxygens (including phenoxy) is 8. The predicted molar refractivity (Wildman–Crippen MR) is 134 cm³/mol. The molecule has 13 nitrogen and oxygen atoms in total. The van der Waals surface area contributed by atoms with Gasteiger partial charge in [-0.3, -0.25) is 0 Å². The third kappa shape index (κ3) is 19.8. The van der Waals surface area contributed by atoms with Gasteiger partial charge in [0.2, 0.25) is 0 Å². The van der Waals surface area contributed by atoms with Gasteiger partial charge in [0.15, 0.2) is 5.69 Å². The van der Waals surface area contributed by atoms with E-state index in [1.54, 1.807) is 24.3 Å². The molecule has 0 aromatic heterocycles. The van der Waals surface area contributed by atoms with E-state index in [0.29, 0.717) is 11.4 Å². The second-order valence-electron chi connectivity index (χ2n) is 8.80. The molecule has 1 aromatic rings. The van der Waals surface area contributed by atoms with Crippen LogP contribution in [-0.2, 0) is 33.2 Å². The van der Waals surface area contributed by atoms with Gasteiger partial charge in [-0.05, 0) is 12.1 Å². The van der Waals surface area contributed by atoms with E-state index < -0.39 is 69.9 Å². The monoisotopic (exact) mass is 655 g/mol. The van der Waals surface area contributed by atoms with E-state index in [0.717, 1.165) is 0 Å². The van der Waals surface area contributed by atoms with E-state index in [9.17, 15) is 41.7 Å². The molecule has 1 rings (SSSR count). The Morgan fingerprint density at radius 2 is 1.09 bits per heavy atom. The Morgan fingerprint density at radius 1 is 0.636 bits per heavy atom. The van der Waals surface area contributed by atoms with Crippen LogP contribution in [0.4, 0.5) is 32.0 Å². The molecule has 0 saturated carbocycles. The van der Waals surface area contributed by atoms with Crippen LogP contribution < -0.4 is 4.74 Å². The maximum absolute atomic E-state index is 13.6. The van der Waals surface area contributed by atoms with Crippen LogP contribution in [0.5, 0.6) is 5.75 Å². The zero-order valence-electron chi connectivity index (χ0n) is 23.3. The fourth-order valence-corrected chi connectivity index (χ4v) is 2.85. The van der Waals surface area contributed by atoms with Gasteiger partial charge in [-0.25, -0.2) is 14.3 Å². The lowest BCUT2D eigenvalue weighted by atomic mass is 10.3. The molecule has 0 fully saturated rings. The number of aliphatic hydroxyl groups is 4. The summed E-state index contributed by atoms with van der Waals surface area (Å²) in [6, 6.07) is 6.19. The van der Waals surface area contributed by atoms with Crippen molar-refractivity contribution in [3.05, 3.63) is 35.7 Å². The Morgan fingerprint density at radius 3 is 1.64 bits per heavy atom. The molecule has 3 unspecified atom stereocenters. The van der Waals surface area contributed by atoms with Crippen molar-refractivity contribution in [1.29, 1.82) is 0 Å². The first-order valence-electron chi connectivity index (χ1n) is 12.8. The van der Waals surface area contributed by atoms with Crippen LogP contribution in [-0.4, -0.2) is 137 Å². The Hall–Kier alpha value is -2.35. The molecule has 4 N–H and O–H groups in total. The minimum Gasteiger partial charge on any atom is -0.491 e. The average Bonchev–Trinajstić information content (AvgIpc) is 2.92. The molecule has 0 radical (unpaired) electrons. The van der Waals surface area contributed by atoms with Gasteiger partial charge in [-0.2, -0.15) is 17.6 Å². The Bertz CT molecular complexity index is 941. The maximum atomic E-state index is 13.6. The van der Waals surface area contributed by atoms with Crippen molar-refractivity contribution in [2.45, 2.75) is 36.8 Å². The fourth-order valence-electron chi connectivity index (χ4n) is 2.85. The lowest BCUT2D eigenvalue weighted by Gasteiger charge is -2.26. The van der Waals surface area contributed by atoms with Crippen LogP contribution in [0.15, 0.2) is 24.3 Å². The summed E-state index contributed by atoms with van der Waals surface area (Å²) in [5.74, 6) is 0.428. The zero-order valence-corrected chi connectivity index (χ0v) is 23.3. The summed E-state index contributed by atoms with van der Waals surface area (Å²) in [4.78, 5) is 3.23. The first-order chi connectivity index (χ1) is 20.7. The molecular weight excluding hydrogens is 620 g/mol. The van der Waals surface area contributed by atoms with Gasteiger partial charge in [0.05, 0.1) is 66.0 Å². The summed E-state index contributed by atoms with van der Waals surface area (Å²) in [7, 11) is 0. The SMILES string of the molecule is [C-]#[N+]c1ccc(OCC(O)COCC(O)COCCOCC(F)(F)OC(F)(F)OC(F)(F)COCC(O)COCCO)cc1. The molecule has 254 valence electrons. The molecular formula is C25H35F6NO12. The van der Waals surface area contributed by atoms with Crippen molar-refractivity contribution in [2.24, 2.45) is 0 Å². The molecule has 0 aliphatic carbocycles. The van der Waals surface area contributed by atoms with Crippen LogP contribution in [0.3, 0.4) is 0 Å².